The van der Waals surface area contributed by atoms with E-state index in [-0.39, 0.29) is 28.5 Å². The molecule has 9 nitrogen and oxygen atoms in total. The molecule has 0 saturated carbocycles. The van der Waals surface area contributed by atoms with Crippen LogP contribution in [0.15, 0.2) is 34.1 Å². The molecular formula is C17H21N3O6S. The zero-order valence-electron chi connectivity index (χ0n) is 15.5. The average Bonchev–Trinajstić information content (AvgIpc) is 2.62. The second-order valence-corrected chi connectivity index (χ2v) is 7.73. The molecule has 146 valence electrons. The Morgan fingerprint density at radius 1 is 1.22 bits per heavy atom. The summed E-state index contributed by atoms with van der Waals surface area (Å²) in [5.74, 6) is -0.360. The van der Waals surface area contributed by atoms with Crippen molar-refractivity contribution >= 4 is 16.0 Å². The minimum absolute atomic E-state index is 0.0167. The molecular weight excluding hydrogens is 374 g/mol. The fraction of sp³-hybridized carbons (Fsp3) is 0.353. The number of hydrogen-bond acceptors (Lipinski definition) is 7. The number of hydrogen-bond donors (Lipinski definition) is 1. The van der Waals surface area contributed by atoms with Gasteiger partial charge < -0.3 is 14.5 Å². The van der Waals surface area contributed by atoms with E-state index in [1.165, 1.54) is 32.3 Å². The molecule has 0 amide bonds. The molecule has 2 aromatic rings. The normalized spacial score (nSPS) is 11.4. The molecule has 10 heteroatoms. The lowest BCUT2D eigenvalue weighted by molar-refractivity contribution is 0.0523. The lowest BCUT2D eigenvalue weighted by Crippen LogP contribution is -2.22. The second-order valence-electron chi connectivity index (χ2n) is 5.57. The number of aromatic amines is 1. The molecule has 0 unspecified atom stereocenters. The standard InChI is InChI=1S/C17H21N3O6S/c1-5-25-14-8-7-11(27(23,24)20(3)4)9-12(14)15-18-10-13(16(21)19-15)17(22)26-6-2/h7-10H,5-6H2,1-4H3,(H,18,19,21). The molecule has 0 aliphatic heterocycles. The summed E-state index contributed by atoms with van der Waals surface area (Å²) < 4.78 is 36.2. The van der Waals surface area contributed by atoms with Gasteiger partial charge in [-0.1, -0.05) is 0 Å². The first-order valence-corrected chi connectivity index (χ1v) is 9.62. The van der Waals surface area contributed by atoms with Crippen molar-refractivity contribution in [2.45, 2.75) is 18.7 Å². The maximum absolute atomic E-state index is 12.4. The smallest absolute Gasteiger partial charge is 0.345 e. The number of esters is 1. The van der Waals surface area contributed by atoms with E-state index in [1.807, 2.05) is 0 Å². The van der Waals surface area contributed by atoms with Gasteiger partial charge in [0.2, 0.25) is 10.0 Å². The Balaban J connectivity index is 2.60. The fourth-order valence-electron chi connectivity index (χ4n) is 2.23. The van der Waals surface area contributed by atoms with Gasteiger partial charge >= 0.3 is 5.97 Å². The van der Waals surface area contributed by atoms with Crippen molar-refractivity contribution in [1.82, 2.24) is 14.3 Å². The van der Waals surface area contributed by atoms with Gasteiger partial charge in [0.1, 0.15) is 17.1 Å². The number of ether oxygens (including phenoxy) is 2. The second kappa shape index (κ2) is 8.31. The van der Waals surface area contributed by atoms with Gasteiger partial charge in [0.25, 0.3) is 5.56 Å². The van der Waals surface area contributed by atoms with Gasteiger partial charge in [-0.3, -0.25) is 4.79 Å². The number of carbonyl (C=O) groups is 1. The third kappa shape index (κ3) is 4.34. The van der Waals surface area contributed by atoms with Gasteiger partial charge in [-0.15, -0.1) is 0 Å². The number of benzene rings is 1. The first-order chi connectivity index (χ1) is 12.7. The quantitative estimate of drug-likeness (QED) is 0.701. The molecule has 1 N–H and O–H groups in total. The van der Waals surface area contributed by atoms with Crippen LogP contribution >= 0.6 is 0 Å². The van der Waals surface area contributed by atoms with Gasteiger partial charge in [0.05, 0.1) is 23.7 Å². The molecule has 0 saturated heterocycles. The number of aromatic nitrogens is 2. The van der Waals surface area contributed by atoms with E-state index in [0.717, 1.165) is 10.5 Å². The van der Waals surface area contributed by atoms with E-state index in [2.05, 4.69) is 9.97 Å². The minimum atomic E-state index is -3.69. The Morgan fingerprint density at radius 2 is 1.93 bits per heavy atom. The van der Waals surface area contributed by atoms with Gasteiger partial charge in [-0.2, -0.15) is 0 Å². The molecule has 1 aromatic carbocycles. The summed E-state index contributed by atoms with van der Waals surface area (Å²) in [7, 11) is -0.862. The minimum Gasteiger partial charge on any atom is -0.493 e. The topological polar surface area (TPSA) is 119 Å². The summed E-state index contributed by atoms with van der Waals surface area (Å²) >= 11 is 0. The lowest BCUT2D eigenvalue weighted by atomic mass is 10.2. The van der Waals surface area contributed by atoms with Crippen molar-refractivity contribution in [2.24, 2.45) is 0 Å². The highest BCUT2D eigenvalue weighted by Gasteiger charge is 2.21. The van der Waals surface area contributed by atoms with Crippen LogP contribution < -0.4 is 10.3 Å². The van der Waals surface area contributed by atoms with Crippen LogP contribution in [-0.4, -0.2) is 56.0 Å². The van der Waals surface area contributed by atoms with E-state index in [9.17, 15) is 18.0 Å². The number of nitrogens with zero attached hydrogens (tertiary/aromatic N) is 2. The van der Waals surface area contributed by atoms with E-state index in [4.69, 9.17) is 9.47 Å². The monoisotopic (exact) mass is 395 g/mol. The first-order valence-electron chi connectivity index (χ1n) is 8.18. The zero-order chi connectivity index (χ0) is 20.2. The molecule has 27 heavy (non-hydrogen) atoms. The van der Waals surface area contributed by atoms with Crippen molar-refractivity contribution in [3.8, 4) is 17.1 Å². The van der Waals surface area contributed by atoms with Gasteiger partial charge in [-0.05, 0) is 32.0 Å². The van der Waals surface area contributed by atoms with Crippen molar-refractivity contribution in [1.29, 1.82) is 0 Å². The molecule has 0 atom stereocenters. The summed E-state index contributed by atoms with van der Waals surface area (Å²) in [6.45, 7) is 3.85. The molecule has 1 aromatic heterocycles. The Bertz CT molecular complexity index is 998. The van der Waals surface area contributed by atoms with Crippen LogP contribution in [0.4, 0.5) is 0 Å². The summed E-state index contributed by atoms with van der Waals surface area (Å²) in [5.41, 5.74) is -0.648. The van der Waals surface area contributed by atoms with Crippen molar-refractivity contribution in [3.05, 3.63) is 40.3 Å². The molecule has 0 aliphatic rings. The molecule has 0 bridgehead atoms. The molecule has 0 fully saturated rings. The zero-order valence-corrected chi connectivity index (χ0v) is 16.3. The van der Waals surface area contributed by atoms with Gasteiger partial charge in [0.15, 0.2) is 0 Å². The number of carbonyl (C=O) groups excluding carboxylic acids is 1. The molecule has 0 radical (unpaired) electrons. The van der Waals surface area contributed by atoms with Crippen molar-refractivity contribution in [2.75, 3.05) is 27.3 Å². The number of H-pyrrole nitrogens is 1. The summed E-state index contributed by atoms with van der Waals surface area (Å²) in [6, 6.07) is 4.27. The lowest BCUT2D eigenvalue weighted by Gasteiger charge is -2.15. The Morgan fingerprint density at radius 3 is 2.48 bits per heavy atom. The Hall–Kier alpha value is -2.72. The predicted molar refractivity (Wildman–Crippen MR) is 98.3 cm³/mol. The van der Waals surface area contributed by atoms with Crippen LogP contribution in [0.25, 0.3) is 11.4 Å². The Kier molecular flexibility index (Phi) is 6.34. The first kappa shape index (κ1) is 20.6. The van der Waals surface area contributed by atoms with E-state index in [1.54, 1.807) is 13.8 Å². The number of rotatable bonds is 7. The third-order valence-corrected chi connectivity index (χ3v) is 5.39. The van der Waals surface area contributed by atoms with E-state index in [0.29, 0.717) is 12.4 Å². The number of nitrogens with one attached hydrogen (secondary N) is 1. The van der Waals surface area contributed by atoms with Crippen LogP contribution in [0.5, 0.6) is 5.75 Å². The number of sulfonamides is 1. The van der Waals surface area contributed by atoms with Gasteiger partial charge in [-0.25, -0.2) is 22.5 Å². The van der Waals surface area contributed by atoms with Crippen LogP contribution in [0, 0.1) is 0 Å². The van der Waals surface area contributed by atoms with Gasteiger partial charge in [0, 0.05) is 20.3 Å². The van der Waals surface area contributed by atoms with E-state index < -0.39 is 21.6 Å². The van der Waals surface area contributed by atoms with E-state index >= 15 is 0 Å². The van der Waals surface area contributed by atoms with Crippen LogP contribution in [0.1, 0.15) is 24.2 Å². The summed E-state index contributed by atoms with van der Waals surface area (Å²) in [6.07, 6.45) is 1.09. The SMILES string of the molecule is CCOC(=O)c1cnc(-c2cc(S(=O)(=O)N(C)C)ccc2OCC)[nH]c1=O. The molecule has 1 heterocycles. The van der Waals surface area contributed by atoms with Crippen LogP contribution in [0.3, 0.4) is 0 Å². The highest BCUT2D eigenvalue weighted by atomic mass is 32.2. The maximum Gasteiger partial charge on any atom is 0.345 e. The maximum atomic E-state index is 12.4. The average molecular weight is 395 g/mol. The molecule has 0 spiro atoms. The van der Waals surface area contributed by atoms with Crippen LogP contribution in [-0.2, 0) is 14.8 Å². The van der Waals surface area contributed by atoms with Crippen LogP contribution in [0.2, 0.25) is 0 Å². The third-order valence-electron chi connectivity index (χ3n) is 3.58. The highest BCUT2D eigenvalue weighted by molar-refractivity contribution is 7.89. The highest BCUT2D eigenvalue weighted by Crippen LogP contribution is 2.30. The molecule has 0 aliphatic carbocycles. The summed E-state index contributed by atoms with van der Waals surface area (Å²) in [4.78, 5) is 30.6. The molecule has 2 rings (SSSR count). The predicted octanol–water partition coefficient (Wildman–Crippen LogP) is 1.26. The summed E-state index contributed by atoms with van der Waals surface area (Å²) in [5, 5.41) is 0. The van der Waals surface area contributed by atoms with Crippen molar-refractivity contribution < 1.29 is 22.7 Å². The Labute approximate surface area is 157 Å². The fourth-order valence-corrected chi connectivity index (χ4v) is 3.16. The van der Waals surface area contributed by atoms with Crippen molar-refractivity contribution in [3.63, 3.8) is 0 Å². The largest absolute Gasteiger partial charge is 0.493 e.